The van der Waals surface area contributed by atoms with E-state index in [1.165, 1.54) is 7.11 Å². The fraction of sp³-hybridized carbons (Fsp3) is 0.583. The Labute approximate surface area is 101 Å². The smallest absolute Gasteiger partial charge is 0.306 e. The summed E-state index contributed by atoms with van der Waals surface area (Å²) in [5.74, 6) is 0.296. The third-order valence-electron chi connectivity index (χ3n) is 2.78. The van der Waals surface area contributed by atoms with Gasteiger partial charge in [-0.15, -0.1) is 0 Å². The zero-order valence-electron chi connectivity index (χ0n) is 10.5. The molecule has 17 heavy (non-hydrogen) atoms. The number of hydrogen-bond donors (Lipinski definition) is 1. The van der Waals surface area contributed by atoms with Crippen molar-refractivity contribution in [3.05, 3.63) is 23.8 Å². The predicted octanol–water partition coefficient (Wildman–Crippen LogP) is 1.17. The van der Waals surface area contributed by atoms with Crippen LogP contribution < -0.4 is 5.73 Å². The molecule has 2 N–H and O–H groups in total. The van der Waals surface area contributed by atoms with Crippen LogP contribution >= 0.6 is 0 Å². The lowest BCUT2D eigenvalue weighted by Crippen LogP contribution is -2.30. The summed E-state index contributed by atoms with van der Waals surface area (Å²) in [5.41, 5.74) is 6.84. The van der Waals surface area contributed by atoms with E-state index >= 15 is 0 Å². The van der Waals surface area contributed by atoms with Crippen molar-refractivity contribution in [1.29, 1.82) is 0 Å². The first-order chi connectivity index (χ1) is 8.08. The lowest BCUT2D eigenvalue weighted by Gasteiger charge is -2.21. The van der Waals surface area contributed by atoms with Crippen LogP contribution in [0.4, 0.5) is 0 Å². The van der Waals surface area contributed by atoms with Gasteiger partial charge in [-0.1, -0.05) is 6.92 Å². The average molecular weight is 237 g/mol. The molecule has 0 aromatic carbocycles. The van der Waals surface area contributed by atoms with Crippen molar-refractivity contribution in [3.63, 3.8) is 0 Å². The summed E-state index contributed by atoms with van der Waals surface area (Å²) in [6.45, 7) is 3.80. The van der Waals surface area contributed by atoms with Gasteiger partial charge < -0.3 is 10.5 Å². The van der Waals surface area contributed by atoms with Crippen LogP contribution in [0.25, 0.3) is 0 Å². The lowest BCUT2D eigenvalue weighted by atomic mass is 9.91. The minimum Gasteiger partial charge on any atom is -0.469 e. The molecule has 1 aromatic heterocycles. The number of nitrogens with two attached hydrogens (primary N) is 1. The molecule has 2 atom stereocenters. The SMILES string of the molecule is CCC(N)C(CC(=O)OC)c1ccnc(C)n1. The number of ether oxygens (including phenoxy) is 1. The maximum atomic E-state index is 11.4. The monoisotopic (exact) mass is 237 g/mol. The molecule has 0 radical (unpaired) electrons. The normalized spacial score (nSPS) is 14.1. The third-order valence-corrected chi connectivity index (χ3v) is 2.78. The Bertz CT molecular complexity index is 382. The van der Waals surface area contributed by atoms with Crippen LogP contribution in [0.1, 0.15) is 37.2 Å². The lowest BCUT2D eigenvalue weighted by molar-refractivity contribution is -0.141. The molecular formula is C12H19N3O2. The Balaban J connectivity index is 2.93. The molecule has 5 nitrogen and oxygen atoms in total. The summed E-state index contributed by atoms with van der Waals surface area (Å²) in [6, 6.07) is 1.69. The highest BCUT2D eigenvalue weighted by Gasteiger charge is 2.23. The van der Waals surface area contributed by atoms with Crippen molar-refractivity contribution in [3.8, 4) is 0 Å². The van der Waals surface area contributed by atoms with Crippen molar-refractivity contribution in [2.24, 2.45) is 5.73 Å². The minimum atomic E-state index is -0.268. The quantitative estimate of drug-likeness (QED) is 0.778. The number of carbonyl (C=O) groups excluding carboxylic acids is 1. The number of esters is 1. The molecule has 0 aliphatic heterocycles. The van der Waals surface area contributed by atoms with Gasteiger partial charge in [-0.25, -0.2) is 9.97 Å². The Kier molecular flexibility index (Phi) is 5.03. The van der Waals surface area contributed by atoms with E-state index in [0.29, 0.717) is 5.82 Å². The second-order valence-electron chi connectivity index (χ2n) is 3.99. The van der Waals surface area contributed by atoms with Crippen molar-refractivity contribution < 1.29 is 9.53 Å². The molecule has 5 heteroatoms. The van der Waals surface area contributed by atoms with E-state index in [9.17, 15) is 4.79 Å². The largest absolute Gasteiger partial charge is 0.469 e. The molecule has 0 fully saturated rings. The van der Waals surface area contributed by atoms with E-state index in [1.807, 2.05) is 13.8 Å². The molecule has 0 saturated carbocycles. The fourth-order valence-electron chi connectivity index (χ4n) is 1.70. The van der Waals surface area contributed by atoms with Crippen LogP contribution in [0, 0.1) is 6.92 Å². The van der Waals surface area contributed by atoms with Gasteiger partial charge >= 0.3 is 5.97 Å². The number of rotatable bonds is 5. The first kappa shape index (κ1) is 13.6. The second-order valence-corrected chi connectivity index (χ2v) is 3.99. The Morgan fingerprint density at radius 3 is 2.82 bits per heavy atom. The topological polar surface area (TPSA) is 78.1 Å². The molecule has 1 aromatic rings. The van der Waals surface area contributed by atoms with Crippen LogP contribution in [0.5, 0.6) is 0 Å². The van der Waals surface area contributed by atoms with E-state index < -0.39 is 0 Å². The number of aromatic nitrogens is 2. The van der Waals surface area contributed by atoms with Gasteiger partial charge in [0.1, 0.15) is 5.82 Å². The predicted molar refractivity (Wildman–Crippen MR) is 64.4 cm³/mol. The van der Waals surface area contributed by atoms with Gasteiger partial charge in [-0.05, 0) is 19.4 Å². The molecule has 0 saturated heterocycles. The van der Waals surface area contributed by atoms with Gasteiger partial charge in [-0.3, -0.25) is 4.79 Å². The van der Waals surface area contributed by atoms with E-state index in [-0.39, 0.29) is 24.3 Å². The highest BCUT2D eigenvalue weighted by atomic mass is 16.5. The number of nitrogens with zero attached hydrogens (tertiary/aromatic N) is 2. The standard InChI is InChI=1S/C12H19N3O2/c1-4-10(13)9(7-12(16)17-3)11-5-6-14-8(2)15-11/h5-6,9-10H,4,7,13H2,1-3H3. The van der Waals surface area contributed by atoms with E-state index in [4.69, 9.17) is 5.73 Å². The van der Waals surface area contributed by atoms with Crippen LogP contribution in [0.15, 0.2) is 12.3 Å². The Morgan fingerprint density at radius 1 is 1.59 bits per heavy atom. The first-order valence-electron chi connectivity index (χ1n) is 5.70. The van der Waals surface area contributed by atoms with Crippen molar-refractivity contribution in [2.45, 2.75) is 38.6 Å². The first-order valence-corrected chi connectivity index (χ1v) is 5.70. The van der Waals surface area contributed by atoms with Crippen LogP contribution in [0.2, 0.25) is 0 Å². The molecule has 0 aliphatic carbocycles. The number of hydrogen-bond acceptors (Lipinski definition) is 5. The second kappa shape index (κ2) is 6.30. The molecule has 0 amide bonds. The summed E-state index contributed by atoms with van der Waals surface area (Å²) in [4.78, 5) is 19.7. The number of methoxy groups -OCH3 is 1. The molecule has 0 bridgehead atoms. The maximum absolute atomic E-state index is 11.4. The number of carbonyl (C=O) groups is 1. The van der Waals surface area contributed by atoms with Gasteiger partial charge in [0.25, 0.3) is 0 Å². The zero-order valence-corrected chi connectivity index (χ0v) is 10.5. The maximum Gasteiger partial charge on any atom is 0.306 e. The Hall–Kier alpha value is -1.49. The summed E-state index contributed by atoms with van der Waals surface area (Å²) in [5, 5.41) is 0. The van der Waals surface area contributed by atoms with Crippen LogP contribution in [0.3, 0.4) is 0 Å². The minimum absolute atomic E-state index is 0.108. The summed E-state index contributed by atoms with van der Waals surface area (Å²) < 4.78 is 4.69. The molecule has 1 rings (SSSR count). The zero-order chi connectivity index (χ0) is 12.8. The molecule has 2 unspecified atom stereocenters. The molecule has 0 spiro atoms. The van der Waals surface area contributed by atoms with Gasteiger partial charge in [0.05, 0.1) is 13.5 Å². The van der Waals surface area contributed by atoms with Gasteiger partial charge in [0, 0.05) is 23.9 Å². The fourth-order valence-corrected chi connectivity index (χ4v) is 1.70. The number of aryl methyl sites for hydroxylation is 1. The van der Waals surface area contributed by atoms with Crippen molar-refractivity contribution in [2.75, 3.05) is 7.11 Å². The summed E-state index contributed by atoms with van der Waals surface area (Å²) in [7, 11) is 1.38. The van der Waals surface area contributed by atoms with E-state index in [2.05, 4.69) is 14.7 Å². The highest BCUT2D eigenvalue weighted by molar-refractivity contribution is 5.70. The van der Waals surface area contributed by atoms with Gasteiger partial charge in [0.15, 0.2) is 0 Å². The molecule has 1 heterocycles. The Morgan fingerprint density at radius 2 is 2.29 bits per heavy atom. The van der Waals surface area contributed by atoms with Crippen LogP contribution in [-0.2, 0) is 9.53 Å². The summed E-state index contributed by atoms with van der Waals surface area (Å²) in [6.07, 6.45) is 2.72. The molecule has 0 aliphatic rings. The van der Waals surface area contributed by atoms with E-state index in [1.54, 1.807) is 12.3 Å². The van der Waals surface area contributed by atoms with E-state index in [0.717, 1.165) is 12.1 Å². The third kappa shape index (κ3) is 3.78. The summed E-state index contributed by atoms with van der Waals surface area (Å²) >= 11 is 0. The van der Waals surface area contributed by atoms with Gasteiger partial charge in [-0.2, -0.15) is 0 Å². The average Bonchev–Trinajstić information content (AvgIpc) is 2.34. The van der Waals surface area contributed by atoms with Crippen LogP contribution in [-0.4, -0.2) is 29.1 Å². The highest BCUT2D eigenvalue weighted by Crippen LogP contribution is 2.22. The molecule has 94 valence electrons. The van der Waals surface area contributed by atoms with Crippen molar-refractivity contribution in [1.82, 2.24) is 9.97 Å². The van der Waals surface area contributed by atoms with Gasteiger partial charge in [0.2, 0.25) is 0 Å². The molecular weight excluding hydrogens is 218 g/mol. The van der Waals surface area contributed by atoms with Crippen molar-refractivity contribution >= 4 is 5.97 Å².